The first-order valence-electron chi connectivity index (χ1n) is 4.40. The SMILES string of the molecule is Cc1cnc(Cl)nc1-c1cnc(C(F)(F)F)s1. The molecule has 2 aromatic heterocycles. The summed E-state index contributed by atoms with van der Waals surface area (Å²) in [6.45, 7) is 1.69. The number of halogens is 4. The van der Waals surface area contributed by atoms with Crippen molar-refractivity contribution < 1.29 is 13.2 Å². The molecular formula is C9H5ClF3N3S. The number of rotatable bonds is 1. The highest BCUT2D eigenvalue weighted by molar-refractivity contribution is 7.15. The van der Waals surface area contributed by atoms with Gasteiger partial charge in [-0.1, -0.05) is 0 Å². The normalized spacial score (nSPS) is 11.8. The molecule has 2 rings (SSSR count). The molecule has 0 amide bonds. The Hall–Kier alpha value is -1.21. The van der Waals surface area contributed by atoms with E-state index < -0.39 is 11.2 Å². The molecule has 2 heterocycles. The summed E-state index contributed by atoms with van der Waals surface area (Å²) < 4.78 is 37.2. The summed E-state index contributed by atoms with van der Waals surface area (Å²) in [5, 5.41) is -0.908. The van der Waals surface area contributed by atoms with E-state index >= 15 is 0 Å². The molecule has 0 aliphatic rings. The van der Waals surface area contributed by atoms with Crippen molar-refractivity contribution >= 4 is 22.9 Å². The first-order valence-corrected chi connectivity index (χ1v) is 5.60. The second-order valence-electron chi connectivity index (χ2n) is 3.20. The molecule has 0 radical (unpaired) electrons. The van der Waals surface area contributed by atoms with Crippen LogP contribution in [0.15, 0.2) is 12.4 Å². The lowest BCUT2D eigenvalue weighted by Crippen LogP contribution is -2.02. The Morgan fingerprint density at radius 3 is 2.53 bits per heavy atom. The third-order valence-electron chi connectivity index (χ3n) is 1.92. The number of hydrogen-bond donors (Lipinski definition) is 0. The number of thiazole rings is 1. The van der Waals surface area contributed by atoms with E-state index in [4.69, 9.17) is 11.6 Å². The molecule has 0 spiro atoms. The van der Waals surface area contributed by atoms with Crippen LogP contribution in [0.4, 0.5) is 13.2 Å². The third-order valence-corrected chi connectivity index (χ3v) is 3.15. The minimum atomic E-state index is -4.44. The van der Waals surface area contributed by atoms with Crippen LogP contribution in [0.5, 0.6) is 0 Å². The fraction of sp³-hybridized carbons (Fsp3) is 0.222. The smallest absolute Gasteiger partial charge is 0.240 e. The quantitative estimate of drug-likeness (QED) is 0.749. The first-order chi connectivity index (χ1) is 7.88. The van der Waals surface area contributed by atoms with E-state index in [0.717, 1.165) is 6.20 Å². The second kappa shape index (κ2) is 4.23. The number of aryl methyl sites for hydroxylation is 1. The van der Waals surface area contributed by atoms with Gasteiger partial charge in [-0.25, -0.2) is 15.0 Å². The van der Waals surface area contributed by atoms with E-state index in [0.29, 0.717) is 27.5 Å². The summed E-state index contributed by atoms with van der Waals surface area (Å²) in [6.07, 6.45) is -1.84. The van der Waals surface area contributed by atoms with Crippen LogP contribution in [0, 0.1) is 6.92 Å². The Labute approximate surface area is 103 Å². The maximum absolute atomic E-state index is 12.4. The predicted molar refractivity (Wildman–Crippen MR) is 57.9 cm³/mol. The van der Waals surface area contributed by atoms with Crippen molar-refractivity contribution in [2.75, 3.05) is 0 Å². The van der Waals surface area contributed by atoms with Crippen LogP contribution < -0.4 is 0 Å². The van der Waals surface area contributed by atoms with Crippen molar-refractivity contribution in [2.45, 2.75) is 13.1 Å². The van der Waals surface area contributed by atoms with E-state index in [1.54, 1.807) is 6.92 Å². The molecule has 3 nitrogen and oxygen atoms in total. The number of nitrogens with zero attached hydrogens (tertiary/aromatic N) is 3. The first kappa shape index (κ1) is 12.3. The van der Waals surface area contributed by atoms with E-state index in [2.05, 4.69) is 15.0 Å². The summed E-state index contributed by atoms with van der Waals surface area (Å²) in [7, 11) is 0. The maximum Gasteiger partial charge on any atom is 0.443 e. The number of aromatic nitrogens is 3. The van der Waals surface area contributed by atoms with Crippen molar-refractivity contribution in [2.24, 2.45) is 0 Å². The minimum Gasteiger partial charge on any atom is -0.240 e. The second-order valence-corrected chi connectivity index (χ2v) is 4.57. The zero-order chi connectivity index (χ0) is 12.6. The van der Waals surface area contributed by atoms with Gasteiger partial charge in [-0.2, -0.15) is 13.2 Å². The van der Waals surface area contributed by atoms with Gasteiger partial charge in [0, 0.05) is 12.4 Å². The molecule has 0 aliphatic heterocycles. The summed E-state index contributed by atoms with van der Waals surface area (Å²) in [5.41, 5.74) is 1.02. The Balaban J connectivity index is 2.47. The molecule has 0 bridgehead atoms. The van der Waals surface area contributed by atoms with Crippen LogP contribution >= 0.6 is 22.9 Å². The van der Waals surface area contributed by atoms with Crippen molar-refractivity contribution in [3.63, 3.8) is 0 Å². The highest BCUT2D eigenvalue weighted by Gasteiger charge is 2.34. The van der Waals surface area contributed by atoms with Crippen molar-refractivity contribution in [3.8, 4) is 10.6 Å². The molecule has 0 aromatic carbocycles. The molecule has 8 heteroatoms. The van der Waals surface area contributed by atoms with Crippen molar-refractivity contribution in [1.82, 2.24) is 15.0 Å². The highest BCUT2D eigenvalue weighted by atomic mass is 35.5. The van der Waals surface area contributed by atoms with Gasteiger partial charge in [0.1, 0.15) is 0 Å². The van der Waals surface area contributed by atoms with Crippen molar-refractivity contribution in [3.05, 3.63) is 28.2 Å². The van der Waals surface area contributed by atoms with Gasteiger partial charge in [0.2, 0.25) is 5.28 Å². The molecule has 0 atom stereocenters. The molecule has 0 N–H and O–H groups in total. The molecule has 90 valence electrons. The minimum absolute atomic E-state index is 0.00689. The van der Waals surface area contributed by atoms with E-state index in [-0.39, 0.29) is 5.28 Å². The molecule has 0 fully saturated rings. The van der Waals surface area contributed by atoms with Crippen LogP contribution in [0.2, 0.25) is 5.28 Å². The average molecular weight is 280 g/mol. The largest absolute Gasteiger partial charge is 0.443 e. The molecule has 0 unspecified atom stereocenters. The Morgan fingerprint density at radius 1 is 1.24 bits per heavy atom. The molecular weight excluding hydrogens is 275 g/mol. The lowest BCUT2D eigenvalue weighted by Gasteiger charge is -2.01. The van der Waals surface area contributed by atoms with Crippen LogP contribution in [0.3, 0.4) is 0 Å². The summed E-state index contributed by atoms with van der Waals surface area (Å²) in [4.78, 5) is 11.3. The average Bonchev–Trinajstić information content (AvgIpc) is 2.70. The standard InChI is InChI=1S/C9H5ClF3N3S/c1-4-2-15-8(10)16-6(4)5-3-14-7(17-5)9(11,12)13/h2-3H,1H3. The van der Waals surface area contributed by atoms with E-state index in [9.17, 15) is 13.2 Å². The van der Waals surface area contributed by atoms with E-state index in [1.165, 1.54) is 6.20 Å². The molecule has 17 heavy (non-hydrogen) atoms. The Morgan fingerprint density at radius 2 is 1.94 bits per heavy atom. The Bertz CT molecular complexity index is 553. The molecule has 0 saturated carbocycles. The summed E-state index contributed by atoms with van der Waals surface area (Å²) >= 11 is 6.13. The fourth-order valence-corrected chi connectivity index (χ4v) is 2.16. The zero-order valence-corrected chi connectivity index (χ0v) is 9.99. The van der Waals surface area contributed by atoms with Gasteiger partial charge in [-0.05, 0) is 24.1 Å². The van der Waals surface area contributed by atoms with Crippen LogP contribution in [-0.2, 0) is 6.18 Å². The van der Waals surface area contributed by atoms with Crippen molar-refractivity contribution in [1.29, 1.82) is 0 Å². The van der Waals surface area contributed by atoms with Gasteiger partial charge in [0.25, 0.3) is 0 Å². The maximum atomic E-state index is 12.4. The fourth-order valence-electron chi connectivity index (χ4n) is 1.18. The Kier molecular flexibility index (Phi) is 3.05. The number of hydrogen-bond acceptors (Lipinski definition) is 4. The van der Waals surface area contributed by atoms with E-state index in [1.807, 2.05) is 0 Å². The topological polar surface area (TPSA) is 38.7 Å². The third kappa shape index (κ3) is 2.55. The molecule has 2 aromatic rings. The van der Waals surface area contributed by atoms with Gasteiger partial charge in [0.15, 0.2) is 5.01 Å². The molecule has 0 aliphatic carbocycles. The predicted octanol–water partition coefficient (Wildman–Crippen LogP) is 3.58. The van der Waals surface area contributed by atoms with Crippen LogP contribution in [0.25, 0.3) is 10.6 Å². The lowest BCUT2D eigenvalue weighted by molar-refractivity contribution is -0.137. The summed E-state index contributed by atoms with van der Waals surface area (Å²) in [5.74, 6) is 0. The van der Waals surface area contributed by atoms with Gasteiger partial charge in [0.05, 0.1) is 10.6 Å². The zero-order valence-electron chi connectivity index (χ0n) is 8.42. The van der Waals surface area contributed by atoms with Gasteiger partial charge in [-0.3, -0.25) is 0 Å². The lowest BCUT2D eigenvalue weighted by atomic mass is 10.2. The number of alkyl halides is 3. The van der Waals surface area contributed by atoms with Gasteiger partial charge >= 0.3 is 6.18 Å². The summed E-state index contributed by atoms with van der Waals surface area (Å²) in [6, 6.07) is 0. The molecule has 0 saturated heterocycles. The van der Waals surface area contributed by atoms with Crippen LogP contribution in [0.1, 0.15) is 10.6 Å². The van der Waals surface area contributed by atoms with Crippen LogP contribution in [-0.4, -0.2) is 15.0 Å². The van der Waals surface area contributed by atoms with Gasteiger partial charge in [-0.15, -0.1) is 11.3 Å². The highest BCUT2D eigenvalue weighted by Crippen LogP contribution is 2.36. The van der Waals surface area contributed by atoms with Gasteiger partial charge < -0.3 is 0 Å². The monoisotopic (exact) mass is 279 g/mol.